The number of nitro benzene ring substituents is 1. The van der Waals surface area contributed by atoms with Crippen LogP contribution in [0.25, 0.3) is 0 Å². The third-order valence-corrected chi connectivity index (χ3v) is 3.85. The second-order valence-electron chi connectivity index (χ2n) is 3.59. The second kappa shape index (κ2) is 6.11. The lowest BCUT2D eigenvalue weighted by molar-refractivity contribution is -0.387. The molecule has 0 bridgehead atoms. The molecular weight excluding hydrogens is 246 g/mol. The number of benzene rings is 1. The van der Waals surface area contributed by atoms with E-state index < -0.39 is 0 Å². The van der Waals surface area contributed by atoms with Gasteiger partial charge >= 0.3 is 0 Å². The van der Waals surface area contributed by atoms with E-state index in [9.17, 15) is 10.1 Å². The average molecular weight is 260 g/mol. The summed E-state index contributed by atoms with van der Waals surface area (Å²) in [5, 5.41) is 11.2. The van der Waals surface area contributed by atoms with Gasteiger partial charge in [-0.1, -0.05) is 19.1 Å². The van der Waals surface area contributed by atoms with Gasteiger partial charge in [0.1, 0.15) is 0 Å². The molecule has 16 heavy (non-hydrogen) atoms. The molecule has 1 aromatic rings. The number of thioether (sulfide) groups is 1. The van der Waals surface area contributed by atoms with Crippen molar-refractivity contribution in [3.63, 3.8) is 0 Å². The number of rotatable bonds is 5. The van der Waals surface area contributed by atoms with Crippen LogP contribution in [-0.2, 0) is 0 Å². The largest absolute Gasteiger partial charge is 0.283 e. The minimum atomic E-state index is -0.331. The summed E-state index contributed by atoms with van der Waals surface area (Å²) in [6.45, 7) is 3.92. The van der Waals surface area contributed by atoms with Crippen LogP contribution in [0.2, 0.25) is 0 Å². The van der Waals surface area contributed by atoms with Crippen LogP contribution in [0, 0.1) is 17.0 Å². The molecule has 0 aliphatic heterocycles. The topological polar surface area (TPSA) is 43.1 Å². The number of hydrogen-bond acceptors (Lipinski definition) is 3. The molecule has 0 N–H and O–H groups in total. The van der Waals surface area contributed by atoms with E-state index in [0.717, 1.165) is 16.9 Å². The average Bonchev–Trinajstić information content (AvgIpc) is 2.21. The third-order valence-electron chi connectivity index (χ3n) is 2.22. The molecule has 0 radical (unpaired) electrons. The van der Waals surface area contributed by atoms with Crippen LogP contribution in [0.3, 0.4) is 0 Å². The summed E-state index contributed by atoms with van der Waals surface area (Å²) in [6, 6.07) is 5.15. The van der Waals surface area contributed by atoms with Gasteiger partial charge < -0.3 is 0 Å². The highest BCUT2D eigenvalue weighted by Crippen LogP contribution is 2.35. The van der Waals surface area contributed by atoms with Gasteiger partial charge in [0, 0.05) is 17.2 Å². The molecule has 0 saturated heterocycles. The zero-order valence-corrected chi connectivity index (χ0v) is 10.8. The highest BCUT2D eigenvalue weighted by Gasteiger charge is 2.18. The van der Waals surface area contributed by atoms with Crippen molar-refractivity contribution in [1.82, 2.24) is 0 Å². The van der Waals surface area contributed by atoms with Gasteiger partial charge in [-0.15, -0.1) is 23.4 Å². The standard InChI is InChI=1S/C11H14ClNO2S/c1-8-4-3-5-10(13(14)15)11(8)16-9(2)6-7-12/h3-5,9H,6-7H2,1-2H3. The van der Waals surface area contributed by atoms with Gasteiger partial charge in [-0.05, 0) is 18.9 Å². The zero-order chi connectivity index (χ0) is 12.1. The lowest BCUT2D eigenvalue weighted by Crippen LogP contribution is -2.00. The molecule has 0 amide bonds. The van der Waals surface area contributed by atoms with Crippen molar-refractivity contribution in [2.24, 2.45) is 0 Å². The van der Waals surface area contributed by atoms with Gasteiger partial charge in [0.25, 0.3) is 5.69 Å². The van der Waals surface area contributed by atoms with Crippen LogP contribution >= 0.6 is 23.4 Å². The highest BCUT2D eigenvalue weighted by atomic mass is 35.5. The first-order valence-electron chi connectivity index (χ1n) is 5.03. The molecule has 1 rings (SSSR count). The molecule has 1 unspecified atom stereocenters. The minimum absolute atomic E-state index is 0.187. The molecule has 0 heterocycles. The highest BCUT2D eigenvalue weighted by molar-refractivity contribution is 8.00. The van der Waals surface area contributed by atoms with Crippen molar-refractivity contribution in [3.8, 4) is 0 Å². The number of nitro groups is 1. The maximum atomic E-state index is 10.9. The summed E-state index contributed by atoms with van der Waals surface area (Å²) in [7, 11) is 0. The van der Waals surface area contributed by atoms with E-state index in [4.69, 9.17) is 11.6 Å². The van der Waals surface area contributed by atoms with Gasteiger partial charge in [-0.25, -0.2) is 0 Å². The maximum absolute atomic E-state index is 10.9. The van der Waals surface area contributed by atoms with E-state index in [1.807, 2.05) is 19.9 Å². The van der Waals surface area contributed by atoms with Crippen LogP contribution in [0.15, 0.2) is 23.1 Å². The predicted octanol–water partition coefficient (Wildman–Crippen LogP) is 4.01. The summed E-state index contributed by atoms with van der Waals surface area (Å²) in [4.78, 5) is 11.3. The molecule has 88 valence electrons. The molecule has 0 saturated carbocycles. The van der Waals surface area contributed by atoms with E-state index in [-0.39, 0.29) is 15.9 Å². The first-order valence-corrected chi connectivity index (χ1v) is 6.44. The van der Waals surface area contributed by atoms with Crippen LogP contribution in [-0.4, -0.2) is 16.1 Å². The first kappa shape index (κ1) is 13.3. The van der Waals surface area contributed by atoms with Crippen molar-refractivity contribution < 1.29 is 4.92 Å². The number of halogens is 1. The van der Waals surface area contributed by atoms with Crippen molar-refractivity contribution in [2.45, 2.75) is 30.4 Å². The van der Waals surface area contributed by atoms with Crippen LogP contribution in [0.5, 0.6) is 0 Å². The fourth-order valence-corrected chi connectivity index (χ4v) is 2.96. The Morgan fingerprint density at radius 3 is 2.81 bits per heavy atom. The number of alkyl halides is 1. The van der Waals surface area contributed by atoms with Gasteiger partial charge in [-0.2, -0.15) is 0 Å². The molecule has 0 fully saturated rings. The van der Waals surface area contributed by atoms with E-state index in [2.05, 4.69) is 0 Å². The van der Waals surface area contributed by atoms with Crippen LogP contribution in [0.1, 0.15) is 18.9 Å². The summed E-state index contributed by atoms with van der Waals surface area (Å²) in [6.07, 6.45) is 0.845. The van der Waals surface area contributed by atoms with E-state index in [0.29, 0.717) is 5.88 Å². The van der Waals surface area contributed by atoms with Crippen LogP contribution in [0.4, 0.5) is 5.69 Å². The Bertz CT molecular complexity index is 384. The van der Waals surface area contributed by atoms with Crippen molar-refractivity contribution in [1.29, 1.82) is 0 Å². The molecule has 3 nitrogen and oxygen atoms in total. The van der Waals surface area contributed by atoms with Gasteiger partial charge in [-0.3, -0.25) is 10.1 Å². The van der Waals surface area contributed by atoms with Gasteiger partial charge in [0.15, 0.2) is 0 Å². The zero-order valence-electron chi connectivity index (χ0n) is 9.27. The summed E-state index contributed by atoms with van der Waals surface area (Å²) < 4.78 is 0. The third kappa shape index (κ3) is 3.39. The molecule has 1 aromatic carbocycles. The summed E-state index contributed by atoms with van der Waals surface area (Å²) in [5.41, 5.74) is 1.13. The smallest absolute Gasteiger partial charge is 0.258 e. The molecule has 1 atom stereocenters. The molecule has 0 aromatic heterocycles. The molecule has 5 heteroatoms. The normalized spacial score (nSPS) is 12.4. The Morgan fingerprint density at radius 2 is 2.25 bits per heavy atom. The number of hydrogen-bond donors (Lipinski definition) is 0. The fourth-order valence-electron chi connectivity index (χ4n) is 1.35. The van der Waals surface area contributed by atoms with Gasteiger partial charge in [0.2, 0.25) is 0 Å². The second-order valence-corrected chi connectivity index (χ2v) is 5.41. The SMILES string of the molecule is Cc1cccc([N+](=O)[O-])c1SC(C)CCCl. The van der Waals surface area contributed by atoms with Crippen molar-refractivity contribution >= 4 is 29.1 Å². The summed E-state index contributed by atoms with van der Waals surface area (Å²) in [5.74, 6) is 0.577. The minimum Gasteiger partial charge on any atom is -0.258 e. The number of aryl methyl sites for hydroxylation is 1. The molecule has 0 aliphatic carbocycles. The first-order chi connectivity index (χ1) is 7.56. The van der Waals surface area contributed by atoms with Crippen molar-refractivity contribution in [2.75, 3.05) is 5.88 Å². The number of nitrogens with zero attached hydrogens (tertiary/aromatic N) is 1. The van der Waals surface area contributed by atoms with E-state index in [1.165, 1.54) is 11.8 Å². The Morgan fingerprint density at radius 1 is 1.56 bits per heavy atom. The Labute approximate surface area is 104 Å². The Kier molecular flexibility index (Phi) is 5.09. The quantitative estimate of drug-likeness (QED) is 0.347. The fraction of sp³-hybridized carbons (Fsp3) is 0.455. The van der Waals surface area contributed by atoms with Crippen molar-refractivity contribution in [3.05, 3.63) is 33.9 Å². The lowest BCUT2D eigenvalue weighted by Gasteiger charge is -2.11. The lowest BCUT2D eigenvalue weighted by atomic mass is 10.2. The predicted molar refractivity (Wildman–Crippen MR) is 68.5 cm³/mol. The molecular formula is C11H14ClNO2S. The molecule has 0 aliphatic rings. The Balaban J connectivity index is 2.97. The molecule has 0 spiro atoms. The van der Waals surface area contributed by atoms with E-state index in [1.54, 1.807) is 12.1 Å². The monoisotopic (exact) mass is 259 g/mol. The Hall–Kier alpha value is -0.740. The van der Waals surface area contributed by atoms with Gasteiger partial charge in [0.05, 0.1) is 9.82 Å². The van der Waals surface area contributed by atoms with E-state index >= 15 is 0 Å². The maximum Gasteiger partial charge on any atom is 0.283 e. The van der Waals surface area contributed by atoms with Crippen LogP contribution < -0.4 is 0 Å². The summed E-state index contributed by atoms with van der Waals surface area (Å²) >= 11 is 7.18.